The number of hydrogen-bond donors (Lipinski definition) is 1. The molecule has 4 nitrogen and oxygen atoms in total. The topological polar surface area (TPSA) is 62.1 Å². The molecule has 102 valence electrons. The number of ether oxygens (including phenoxy) is 1. The molecule has 0 saturated carbocycles. The Hall–Kier alpha value is -1.86. The van der Waals surface area contributed by atoms with Gasteiger partial charge in [0, 0.05) is 5.69 Å². The first-order chi connectivity index (χ1) is 9.01. The molecule has 0 aromatic heterocycles. The second kappa shape index (κ2) is 7.55. The Morgan fingerprint density at radius 2 is 1.95 bits per heavy atom. The lowest BCUT2D eigenvalue weighted by atomic mass is 10.1. The van der Waals surface area contributed by atoms with Crippen molar-refractivity contribution in [3.8, 4) is 6.07 Å². The first-order valence-corrected chi connectivity index (χ1v) is 6.43. The van der Waals surface area contributed by atoms with Crippen molar-refractivity contribution in [3.05, 3.63) is 29.8 Å². The number of hydrogen-bond acceptors (Lipinski definition) is 3. The smallest absolute Gasteiger partial charge is 0.250 e. The second-order valence-corrected chi connectivity index (χ2v) is 4.99. The third-order valence-corrected chi connectivity index (χ3v) is 2.60. The number of amides is 1. The molecule has 0 bridgehead atoms. The van der Waals surface area contributed by atoms with Crippen LogP contribution >= 0.6 is 0 Å². The fourth-order valence-electron chi connectivity index (χ4n) is 1.78. The van der Waals surface area contributed by atoms with Crippen LogP contribution in [0.4, 0.5) is 5.69 Å². The highest BCUT2D eigenvalue weighted by Crippen LogP contribution is 2.10. The fraction of sp³-hybridized carbons (Fsp3) is 0.467. The Morgan fingerprint density at radius 3 is 2.47 bits per heavy atom. The van der Waals surface area contributed by atoms with E-state index in [2.05, 4.69) is 19.2 Å². The van der Waals surface area contributed by atoms with Crippen LogP contribution in [0, 0.1) is 17.2 Å². The van der Waals surface area contributed by atoms with E-state index in [0.29, 0.717) is 17.2 Å². The lowest BCUT2D eigenvalue weighted by Crippen LogP contribution is -2.22. The highest BCUT2D eigenvalue weighted by molar-refractivity contribution is 5.91. The zero-order valence-electron chi connectivity index (χ0n) is 11.6. The maximum absolute atomic E-state index is 11.7. The van der Waals surface area contributed by atoms with Gasteiger partial charge in [-0.3, -0.25) is 4.79 Å². The molecule has 4 heteroatoms. The quantitative estimate of drug-likeness (QED) is 0.855. The Labute approximate surface area is 114 Å². The summed E-state index contributed by atoms with van der Waals surface area (Å²) in [6.07, 6.45) is 1.01. The van der Waals surface area contributed by atoms with Crippen molar-refractivity contribution < 1.29 is 9.53 Å². The zero-order chi connectivity index (χ0) is 14.3. The Morgan fingerprint density at radius 1 is 1.32 bits per heavy atom. The predicted octanol–water partition coefficient (Wildman–Crippen LogP) is 2.95. The number of nitrogens with zero attached hydrogens (tertiary/aromatic N) is 1. The van der Waals surface area contributed by atoms with Crippen LogP contribution in [0.5, 0.6) is 0 Å². The van der Waals surface area contributed by atoms with Gasteiger partial charge >= 0.3 is 0 Å². The standard InChI is InChI=1S/C15H20N2O2/c1-11(2)8-12(3)19-10-15(18)17-14-6-4-13(9-16)5-7-14/h4-7,11-12H,8,10H2,1-3H3,(H,17,18). The molecule has 0 heterocycles. The van der Waals surface area contributed by atoms with Crippen LogP contribution in [0.15, 0.2) is 24.3 Å². The Balaban J connectivity index is 2.36. The van der Waals surface area contributed by atoms with E-state index in [-0.39, 0.29) is 18.6 Å². The van der Waals surface area contributed by atoms with Crippen LogP contribution in [-0.2, 0) is 9.53 Å². The molecule has 0 fully saturated rings. The normalized spacial score (nSPS) is 11.9. The molecule has 1 atom stereocenters. The van der Waals surface area contributed by atoms with Crippen LogP contribution in [0.2, 0.25) is 0 Å². The van der Waals surface area contributed by atoms with E-state index in [1.54, 1.807) is 24.3 Å². The van der Waals surface area contributed by atoms with Gasteiger partial charge in [-0.1, -0.05) is 13.8 Å². The molecular weight excluding hydrogens is 240 g/mol. The molecule has 0 aliphatic heterocycles. The van der Waals surface area contributed by atoms with Gasteiger partial charge in [0.25, 0.3) is 0 Å². The van der Waals surface area contributed by atoms with Gasteiger partial charge in [-0.15, -0.1) is 0 Å². The van der Waals surface area contributed by atoms with E-state index in [1.807, 2.05) is 13.0 Å². The van der Waals surface area contributed by atoms with Crippen LogP contribution in [0.1, 0.15) is 32.8 Å². The molecule has 0 aliphatic rings. The van der Waals surface area contributed by atoms with Crippen molar-refractivity contribution in [3.63, 3.8) is 0 Å². The zero-order valence-corrected chi connectivity index (χ0v) is 11.6. The number of nitriles is 1. The molecule has 19 heavy (non-hydrogen) atoms. The van der Waals surface area contributed by atoms with Crippen LogP contribution in [0.25, 0.3) is 0 Å². The molecule has 1 unspecified atom stereocenters. The average molecular weight is 260 g/mol. The van der Waals surface area contributed by atoms with Crippen molar-refractivity contribution in [2.24, 2.45) is 5.92 Å². The highest BCUT2D eigenvalue weighted by atomic mass is 16.5. The SMILES string of the molecule is CC(C)CC(C)OCC(=O)Nc1ccc(C#N)cc1. The number of benzene rings is 1. The second-order valence-electron chi connectivity index (χ2n) is 4.99. The minimum Gasteiger partial charge on any atom is -0.369 e. The third-order valence-electron chi connectivity index (χ3n) is 2.60. The number of carbonyl (C=O) groups is 1. The average Bonchev–Trinajstić information content (AvgIpc) is 2.36. The molecule has 1 rings (SSSR count). The summed E-state index contributed by atoms with van der Waals surface area (Å²) >= 11 is 0. The molecule has 1 amide bonds. The van der Waals surface area contributed by atoms with E-state index in [4.69, 9.17) is 10.00 Å². The Kier molecular flexibility index (Phi) is 6.04. The number of nitrogens with one attached hydrogen (secondary N) is 1. The monoisotopic (exact) mass is 260 g/mol. The minimum absolute atomic E-state index is 0.0495. The Bertz CT molecular complexity index is 446. The highest BCUT2D eigenvalue weighted by Gasteiger charge is 2.08. The van der Waals surface area contributed by atoms with Gasteiger partial charge in [0.1, 0.15) is 6.61 Å². The van der Waals surface area contributed by atoms with Gasteiger partial charge in [-0.25, -0.2) is 0 Å². The molecule has 0 spiro atoms. The molecule has 0 aliphatic carbocycles. The van der Waals surface area contributed by atoms with Gasteiger partial charge in [0.05, 0.1) is 17.7 Å². The van der Waals surface area contributed by atoms with E-state index in [9.17, 15) is 4.79 Å². The van der Waals surface area contributed by atoms with Gasteiger partial charge < -0.3 is 10.1 Å². The maximum Gasteiger partial charge on any atom is 0.250 e. The number of carbonyl (C=O) groups excluding carboxylic acids is 1. The molecule has 0 radical (unpaired) electrons. The van der Waals surface area contributed by atoms with Crippen molar-refractivity contribution in [2.75, 3.05) is 11.9 Å². The number of anilines is 1. The van der Waals surface area contributed by atoms with Gasteiger partial charge in [-0.05, 0) is 43.5 Å². The molecule has 0 saturated heterocycles. The van der Waals surface area contributed by atoms with Crippen molar-refractivity contribution in [1.29, 1.82) is 5.26 Å². The van der Waals surface area contributed by atoms with Crippen LogP contribution in [-0.4, -0.2) is 18.6 Å². The van der Waals surface area contributed by atoms with E-state index < -0.39 is 0 Å². The summed E-state index contributed by atoms with van der Waals surface area (Å²) in [5.41, 5.74) is 1.24. The molecular formula is C15H20N2O2. The van der Waals surface area contributed by atoms with Crippen LogP contribution in [0.3, 0.4) is 0 Å². The summed E-state index contributed by atoms with van der Waals surface area (Å²) < 4.78 is 5.47. The predicted molar refractivity (Wildman–Crippen MR) is 74.7 cm³/mol. The summed E-state index contributed by atoms with van der Waals surface area (Å²) in [5.74, 6) is 0.372. The first-order valence-electron chi connectivity index (χ1n) is 6.43. The fourth-order valence-corrected chi connectivity index (χ4v) is 1.78. The summed E-state index contributed by atoms with van der Waals surface area (Å²) in [4.78, 5) is 11.7. The minimum atomic E-state index is -0.180. The molecule has 1 N–H and O–H groups in total. The molecule has 1 aromatic rings. The van der Waals surface area contributed by atoms with Crippen molar-refractivity contribution in [2.45, 2.75) is 33.3 Å². The van der Waals surface area contributed by atoms with Crippen molar-refractivity contribution in [1.82, 2.24) is 0 Å². The van der Waals surface area contributed by atoms with Crippen molar-refractivity contribution >= 4 is 11.6 Å². The van der Waals surface area contributed by atoms with Crippen LogP contribution < -0.4 is 5.32 Å². The summed E-state index contributed by atoms with van der Waals surface area (Å²) in [5, 5.41) is 11.4. The molecule has 1 aromatic carbocycles. The van der Waals surface area contributed by atoms with E-state index in [0.717, 1.165) is 6.42 Å². The lowest BCUT2D eigenvalue weighted by molar-refractivity contribution is -0.122. The number of rotatable bonds is 6. The lowest BCUT2D eigenvalue weighted by Gasteiger charge is -2.14. The summed E-state index contributed by atoms with van der Waals surface area (Å²) in [7, 11) is 0. The van der Waals surface area contributed by atoms with E-state index >= 15 is 0 Å². The van der Waals surface area contributed by atoms with Gasteiger partial charge in [-0.2, -0.15) is 5.26 Å². The maximum atomic E-state index is 11.7. The summed E-state index contributed by atoms with van der Waals surface area (Å²) in [6.45, 7) is 6.26. The van der Waals surface area contributed by atoms with Gasteiger partial charge in [0.2, 0.25) is 5.91 Å². The van der Waals surface area contributed by atoms with Gasteiger partial charge in [0.15, 0.2) is 0 Å². The summed E-state index contributed by atoms with van der Waals surface area (Å²) in [6, 6.07) is 8.76. The third kappa shape index (κ3) is 6.03. The van der Waals surface area contributed by atoms with E-state index in [1.165, 1.54) is 0 Å². The first kappa shape index (κ1) is 15.2. The largest absolute Gasteiger partial charge is 0.369 e.